The highest BCUT2D eigenvalue weighted by molar-refractivity contribution is 6.12. The van der Waals surface area contributed by atoms with Crippen molar-refractivity contribution in [1.82, 2.24) is 4.98 Å². The van der Waals surface area contributed by atoms with Gasteiger partial charge in [0, 0.05) is 11.8 Å². The third-order valence-corrected chi connectivity index (χ3v) is 2.58. The molecular weight excluding hydrogens is 254 g/mol. The summed E-state index contributed by atoms with van der Waals surface area (Å²) in [6.45, 7) is 0. The van der Waals surface area contributed by atoms with Crippen molar-refractivity contribution < 1.29 is 9.59 Å². The highest BCUT2D eigenvalue weighted by Crippen LogP contribution is 2.18. The molecule has 98 valence electrons. The van der Waals surface area contributed by atoms with Gasteiger partial charge in [-0.25, -0.2) is 0 Å². The van der Waals surface area contributed by atoms with Crippen LogP contribution >= 0.6 is 0 Å². The van der Waals surface area contributed by atoms with Gasteiger partial charge in [0.25, 0.3) is 0 Å². The standard InChI is InChI=1S/C15H11N3O2/c16-9-8-14(19)18-12-6-2-1-5-11(12)15(20)13-7-3-4-10-17-13/h1-7,10H,8H2,(H,18,19). The highest BCUT2D eigenvalue weighted by atomic mass is 16.1. The molecule has 1 amide bonds. The summed E-state index contributed by atoms with van der Waals surface area (Å²) in [7, 11) is 0. The van der Waals surface area contributed by atoms with Crippen molar-refractivity contribution in [3.05, 3.63) is 59.9 Å². The van der Waals surface area contributed by atoms with Crippen molar-refractivity contribution in [2.45, 2.75) is 6.42 Å². The van der Waals surface area contributed by atoms with E-state index in [1.54, 1.807) is 48.5 Å². The number of pyridine rings is 1. The Kier molecular flexibility index (Phi) is 4.20. The van der Waals surface area contributed by atoms with Crippen LogP contribution in [-0.4, -0.2) is 16.7 Å². The van der Waals surface area contributed by atoms with E-state index in [1.165, 1.54) is 6.20 Å². The van der Waals surface area contributed by atoms with Gasteiger partial charge in [-0.1, -0.05) is 18.2 Å². The second kappa shape index (κ2) is 6.25. The van der Waals surface area contributed by atoms with E-state index in [2.05, 4.69) is 10.3 Å². The van der Waals surface area contributed by atoms with Gasteiger partial charge in [0.1, 0.15) is 12.1 Å². The van der Waals surface area contributed by atoms with Crippen molar-refractivity contribution in [3.63, 3.8) is 0 Å². The monoisotopic (exact) mass is 265 g/mol. The molecule has 0 aliphatic rings. The third kappa shape index (κ3) is 3.06. The third-order valence-electron chi connectivity index (χ3n) is 2.58. The van der Waals surface area contributed by atoms with Crippen molar-refractivity contribution >= 4 is 17.4 Å². The van der Waals surface area contributed by atoms with E-state index in [0.29, 0.717) is 16.9 Å². The number of para-hydroxylation sites is 1. The average molecular weight is 265 g/mol. The summed E-state index contributed by atoms with van der Waals surface area (Å²) in [5, 5.41) is 11.0. The Morgan fingerprint density at radius 1 is 1.15 bits per heavy atom. The lowest BCUT2D eigenvalue weighted by Crippen LogP contribution is -2.14. The molecule has 0 saturated heterocycles. The number of amides is 1. The Morgan fingerprint density at radius 2 is 1.90 bits per heavy atom. The predicted molar refractivity (Wildman–Crippen MR) is 73.0 cm³/mol. The van der Waals surface area contributed by atoms with Gasteiger partial charge < -0.3 is 5.32 Å². The SMILES string of the molecule is N#CCC(=O)Nc1ccccc1C(=O)c1ccccn1. The van der Waals surface area contributed by atoms with Crippen LogP contribution in [0.25, 0.3) is 0 Å². The van der Waals surface area contributed by atoms with E-state index in [4.69, 9.17) is 5.26 Å². The second-order valence-electron chi connectivity index (χ2n) is 3.97. The summed E-state index contributed by atoms with van der Waals surface area (Å²) in [6, 6.07) is 13.4. The van der Waals surface area contributed by atoms with E-state index in [1.807, 2.05) is 0 Å². The molecule has 2 aromatic rings. The fourth-order valence-corrected chi connectivity index (χ4v) is 1.69. The van der Waals surface area contributed by atoms with Gasteiger partial charge in [-0.3, -0.25) is 14.6 Å². The number of aromatic nitrogens is 1. The topological polar surface area (TPSA) is 82.9 Å². The molecule has 5 heteroatoms. The van der Waals surface area contributed by atoms with Crippen LogP contribution in [0.2, 0.25) is 0 Å². The maximum absolute atomic E-state index is 12.3. The van der Waals surface area contributed by atoms with E-state index in [9.17, 15) is 9.59 Å². The van der Waals surface area contributed by atoms with Crippen LogP contribution < -0.4 is 5.32 Å². The number of carbonyl (C=O) groups excluding carboxylic acids is 2. The molecule has 0 atom stereocenters. The first-order valence-corrected chi connectivity index (χ1v) is 5.94. The number of hydrogen-bond acceptors (Lipinski definition) is 4. The summed E-state index contributed by atoms with van der Waals surface area (Å²) in [5.41, 5.74) is 1.02. The Balaban J connectivity index is 2.31. The summed E-state index contributed by atoms with van der Waals surface area (Å²) in [6.07, 6.45) is 1.27. The first-order valence-electron chi connectivity index (χ1n) is 5.94. The fraction of sp³-hybridized carbons (Fsp3) is 0.0667. The lowest BCUT2D eigenvalue weighted by molar-refractivity contribution is -0.115. The molecule has 5 nitrogen and oxygen atoms in total. The van der Waals surface area contributed by atoms with Crippen LogP contribution in [0.1, 0.15) is 22.5 Å². The maximum atomic E-state index is 12.3. The predicted octanol–water partition coefficient (Wildman–Crippen LogP) is 2.16. The lowest BCUT2D eigenvalue weighted by Gasteiger charge is -2.08. The largest absolute Gasteiger partial charge is 0.325 e. The second-order valence-corrected chi connectivity index (χ2v) is 3.97. The molecule has 0 aliphatic carbocycles. The number of benzene rings is 1. The summed E-state index contributed by atoms with van der Waals surface area (Å²) >= 11 is 0. The summed E-state index contributed by atoms with van der Waals surface area (Å²) < 4.78 is 0. The molecule has 0 bridgehead atoms. The molecule has 0 spiro atoms. The number of rotatable bonds is 4. The molecule has 20 heavy (non-hydrogen) atoms. The molecule has 0 aliphatic heterocycles. The number of ketones is 1. The number of carbonyl (C=O) groups is 2. The number of hydrogen-bond donors (Lipinski definition) is 1. The van der Waals surface area contributed by atoms with Crippen LogP contribution in [0.4, 0.5) is 5.69 Å². The molecule has 1 aromatic carbocycles. The van der Waals surface area contributed by atoms with E-state index >= 15 is 0 Å². The van der Waals surface area contributed by atoms with Gasteiger partial charge in [-0.05, 0) is 24.3 Å². The molecule has 0 radical (unpaired) electrons. The summed E-state index contributed by atoms with van der Waals surface area (Å²) in [4.78, 5) is 27.8. The van der Waals surface area contributed by atoms with Crippen molar-refractivity contribution in [1.29, 1.82) is 5.26 Å². The normalized spacial score (nSPS) is 9.55. The van der Waals surface area contributed by atoms with Crippen LogP contribution in [0, 0.1) is 11.3 Å². The van der Waals surface area contributed by atoms with Crippen molar-refractivity contribution in [3.8, 4) is 6.07 Å². The van der Waals surface area contributed by atoms with Crippen LogP contribution in [0.3, 0.4) is 0 Å². The molecule has 0 saturated carbocycles. The molecule has 0 unspecified atom stereocenters. The van der Waals surface area contributed by atoms with Crippen molar-refractivity contribution in [2.24, 2.45) is 0 Å². The average Bonchev–Trinajstić information content (AvgIpc) is 2.48. The maximum Gasteiger partial charge on any atom is 0.238 e. The van der Waals surface area contributed by atoms with E-state index in [-0.39, 0.29) is 12.2 Å². The fourth-order valence-electron chi connectivity index (χ4n) is 1.69. The smallest absolute Gasteiger partial charge is 0.238 e. The molecule has 1 aromatic heterocycles. The number of nitriles is 1. The van der Waals surface area contributed by atoms with Gasteiger partial charge in [-0.15, -0.1) is 0 Å². The quantitative estimate of drug-likeness (QED) is 0.859. The van der Waals surface area contributed by atoms with Crippen LogP contribution in [-0.2, 0) is 4.79 Å². The van der Waals surface area contributed by atoms with E-state index in [0.717, 1.165) is 0 Å². The lowest BCUT2D eigenvalue weighted by atomic mass is 10.1. The van der Waals surface area contributed by atoms with Gasteiger partial charge in [0.2, 0.25) is 11.7 Å². The van der Waals surface area contributed by atoms with Gasteiger partial charge >= 0.3 is 0 Å². The Morgan fingerprint density at radius 3 is 2.60 bits per heavy atom. The molecule has 0 fully saturated rings. The zero-order valence-electron chi connectivity index (χ0n) is 10.5. The van der Waals surface area contributed by atoms with Gasteiger partial charge in [-0.2, -0.15) is 5.26 Å². The Hall–Kier alpha value is -3.00. The minimum Gasteiger partial charge on any atom is -0.325 e. The van der Waals surface area contributed by atoms with E-state index < -0.39 is 5.91 Å². The number of nitrogens with zero attached hydrogens (tertiary/aromatic N) is 2. The molecule has 1 heterocycles. The molecule has 1 N–H and O–H groups in total. The van der Waals surface area contributed by atoms with Crippen molar-refractivity contribution in [2.75, 3.05) is 5.32 Å². The minimum atomic E-state index is -0.450. The highest BCUT2D eigenvalue weighted by Gasteiger charge is 2.15. The zero-order chi connectivity index (χ0) is 14.4. The molecular formula is C15H11N3O2. The minimum absolute atomic E-state index is 0.258. The van der Waals surface area contributed by atoms with Crippen LogP contribution in [0.15, 0.2) is 48.7 Å². The summed E-state index contributed by atoms with van der Waals surface area (Å²) in [5.74, 6) is -0.729. The van der Waals surface area contributed by atoms with Gasteiger partial charge in [0.15, 0.2) is 0 Å². The Labute approximate surface area is 115 Å². The number of nitrogens with one attached hydrogen (secondary N) is 1. The van der Waals surface area contributed by atoms with Crippen LogP contribution in [0.5, 0.6) is 0 Å². The van der Waals surface area contributed by atoms with Gasteiger partial charge in [0.05, 0.1) is 11.8 Å². The first kappa shape index (κ1) is 13.4. The molecule has 2 rings (SSSR count). The number of anilines is 1. The first-order chi connectivity index (χ1) is 9.72. The Bertz CT molecular complexity index is 675. The zero-order valence-corrected chi connectivity index (χ0v) is 10.5.